The van der Waals surface area contributed by atoms with Crippen molar-refractivity contribution >= 4 is 17.2 Å². The highest BCUT2D eigenvalue weighted by molar-refractivity contribution is 7.80. The van der Waals surface area contributed by atoms with Crippen molar-refractivity contribution in [3.8, 4) is 11.6 Å². The second-order valence-corrected chi connectivity index (χ2v) is 5.37. The molecule has 0 bridgehead atoms. The van der Waals surface area contributed by atoms with E-state index in [1.807, 2.05) is 32.9 Å². The summed E-state index contributed by atoms with van der Waals surface area (Å²) in [4.78, 5) is 4.58. The Morgan fingerprint density at radius 2 is 1.70 bits per heavy atom. The van der Waals surface area contributed by atoms with E-state index in [1.54, 1.807) is 6.20 Å². The summed E-state index contributed by atoms with van der Waals surface area (Å²) in [5.41, 5.74) is 10.8. The van der Waals surface area contributed by atoms with Crippen molar-refractivity contribution in [2.75, 3.05) is 0 Å². The van der Waals surface area contributed by atoms with Gasteiger partial charge in [0.05, 0.1) is 5.56 Å². The lowest BCUT2D eigenvalue weighted by molar-refractivity contribution is 0.454. The second kappa shape index (κ2) is 5.59. The molecule has 1 heterocycles. The van der Waals surface area contributed by atoms with Gasteiger partial charge in [-0.2, -0.15) is 0 Å². The summed E-state index contributed by atoms with van der Waals surface area (Å²) < 4.78 is 6.02. The number of rotatable bonds is 3. The number of benzene rings is 1. The van der Waals surface area contributed by atoms with Crippen molar-refractivity contribution in [3.05, 3.63) is 52.2 Å². The number of thiocarbonyl (C=S) groups is 1. The van der Waals surface area contributed by atoms with E-state index >= 15 is 0 Å². The van der Waals surface area contributed by atoms with Crippen molar-refractivity contribution in [2.45, 2.75) is 27.7 Å². The third-order valence-corrected chi connectivity index (χ3v) is 3.65. The van der Waals surface area contributed by atoms with Gasteiger partial charge in [0, 0.05) is 6.20 Å². The molecular formula is C16H18N2OS. The lowest BCUT2D eigenvalue weighted by Crippen LogP contribution is -2.13. The van der Waals surface area contributed by atoms with E-state index in [2.05, 4.69) is 18.0 Å². The fourth-order valence-corrected chi connectivity index (χ4v) is 2.34. The van der Waals surface area contributed by atoms with Crippen LogP contribution in [0.1, 0.15) is 27.8 Å². The van der Waals surface area contributed by atoms with Gasteiger partial charge in [-0.25, -0.2) is 4.98 Å². The third kappa shape index (κ3) is 2.65. The summed E-state index contributed by atoms with van der Waals surface area (Å²) in [5, 5.41) is 0. The lowest BCUT2D eigenvalue weighted by atomic mass is 10.1. The molecule has 0 fully saturated rings. The molecule has 0 saturated carbocycles. The zero-order chi connectivity index (χ0) is 14.9. The average molecular weight is 286 g/mol. The highest BCUT2D eigenvalue weighted by Gasteiger charge is 2.15. The first-order chi connectivity index (χ1) is 9.41. The van der Waals surface area contributed by atoms with Crippen LogP contribution in [0.15, 0.2) is 24.4 Å². The molecule has 0 aliphatic carbocycles. The number of pyridine rings is 1. The number of nitrogens with two attached hydrogens (primary N) is 1. The first kappa shape index (κ1) is 14.5. The molecule has 0 aliphatic rings. The highest BCUT2D eigenvalue weighted by atomic mass is 32.1. The standard InChI is InChI=1S/C16H18N2OS/c1-9-5-6-11(3)14(12(9)4)19-16-13(15(17)20)10(2)7-8-18-16/h5-8H,1-4H3,(H2,17,20). The Morgan fingerprint density at radius 1 is 1.05 bits per heavy atom. The van der Waals surface area contributed by atoms with Crippen LogP contribution in [0.2, 0.25) is 0 Å². The van der Waals surface area contributed by atoms with E-state index in [0.29, 0.717) is 16.4 Å². The first-order valence-corrected chi connectivity index (χ1v) is 6.82. The maximum atomic E-state index is 6.02. The summed E-state index contributed by atoms with van der Waals surface area (Å²) in [6.45, 7) is 8.05. The van der Waals surface area contributed by atoms with Gasteiger partial charge in [0.1, 0.15) is 10.7 Å². The lowest BCUT2D eigenvalue weighted by Gasteiger charge is -2.15. The van der Waals surface area contributed by atoms with Gasteiger partial charge in [0.2, 0.25) is 5.88 Å². The fourth-order valence-electron chi connectivity index (χ4n) is 2.09. The van der Waals surface area contributed by atoms with E-state index in [4.69, 9.17) is 22.7 Å². The molecule has 0 spiro atoms. The van der Waals surface area contributed by atoms with Gasteiger partial charge in [0.15, 0.2) is 0 Å². The number of hydrogen-bond donors (Lipinski definition) is 1. The Kier molecular flexibility index (Phi) is 4.04. The van der Waals surface area contributed by atoms with Crippen LogP contribution in [0.4, 0.5) is 0 Å². The molecule has 104 valence electrons. The minimum Gasteiger partial charge on any atom is -0.438 e. The van der Waals surface area contributed by atoms with E-state index in [1.165, 1.54) is 5.56 Å². The number of aryl methyl sites for hydroxylation is 3. The van der Waals surface area contributed by atoms with Gasteiger partial charge in [-0.05, 0) is 56.0 Å². The fraction of sp³-hybridized carbons (Fsp3) is 0.250. The molecule has 0 aliphatic heterocycles. The van der Waals surface area contributed by atoms with Gasteiger partial charge < -0.3 is 10.5 Å². The van der Waals surface area contributed by atoms with Crippen LogP contribution in [0.25, 0.3) is 0 Å². The SMILES string of the molecule is Cc1ccc(C)c(Oc2nccc(C)c2C(N)=S)c1C. The number of nitrogens with zero attached hydrogens (tertiary/aromatic N) is 1. The highest BCUT2D eigenvalue weighted by Crippen LogP contribution is 2.32. The summed E-state index contributed by atoms with van der Waals surface area (Å²) in [6, 6.07) is 5.99. The zero-order valence-electron chi connectivity index (χ0n) is 12.2. The predicted octanol–water partition coefficient (Wildman–Crippen LogP) is 3.74. The van der Waals surface area contributed by atoms with Crippen molar-refractivity contribution < 1.29 is 4.74 Å². The maximum Gasteiger partial charge on any atom is 0.229 e. The minimum absolute atomic E-state index is 0.300. The molecule has 1 aromatic carbocycles. The Morgan fingerprint density at radius 3 is 2.35 bits per heavy atom. The van der Waals surface area contributed by atoms with Crippen LogP contribution in [0, 0.1) is 27.7 Å². The zero-order valence-corrected chi connectivity index (χ0v) is 13.0. The van der Waals surface area contributed by atoms with Crippen molar-refractivity contribution in [3.63, 3.8) is 0 Å². The van der Waals surface area contributed by atoms with Crippen LogP contribution in [0.5, 0.6) is 11.6 Å². The quantitative estimate of drug-likeness (QED) is 0.873. The van der Waals surface area contributed by atoms with E-state index < -0.39 is 0 Å². The molecule has 20 heavy (non-hydrogen) atoms. The van der Waals surface area contributed by atoms with Gasteiger partial charge in [-0.3, -0.25) is 0 Å². The monoisotopic (exact) mass is 286 g/mol. The van der Waals surface area contributed by atoms with Crippen molar-refractivity contribution in [2.24, 2.45) is 5.73 Å². The number of hydrogen-bond acceptors (Lipinski definition) is 3. The van der Waals surface area contributed by atoms with Crippen LogP contribution < -0.4 is 10.5 Å². The van der Waals surface area contributed by atoms with Crippen LogP contribution in [-0.2, 0) is 0 Å². The van der Waals surface area contributed by atoms with Gasteiger partial charge in [-0.1, -0.05) is 24.4 Å². The molecule has 2 N–H and O–H groups in total. The summed E-state index contributed by atoms with van der Waals surface area (Å²) in [7, 11) is 0. The van der Waals surface area contributed by atoms with E-state index in [-0.39, 0.29) is 0 Å². The average Bonchev–Trinajstić information content (AvgIpc) is 2.39. The molecular weight excluding hydrogens is 268 g/mol. The third-order valence-electron chi connectivity index (χ3n) is 3.44. The molecule has 1 aromatic heterocycles. The van der Waals surface area contributed by atoms with Gasteiger partial charge in [-0.15, -0.1) is 0 Å². The Hall–Kier alpha value is -1.94. The summed E-state index contributed by atoms with van der Waals surface area (Å²) in [5.74, 6) is 1.29. The summed E-state index contributed by atoms with van der Waals surface area (Å²) >= 11 is 5.10. The normalized spacial score (nSPS) is 10.4. The van der Waals surface area contributed by atoms with Crippen molar-refractivity contribution in [1.82, 2.24) is 4.98 Å². The van der Waals surface area contributed by atoms with Crippen molar-refractivity contribution in [1.29, 1.82) is 0 Å². The van der Waals surface area contributed by atoms with Crippen LogP contribution >= 0.6 is 12.2 Å². The molecule has 0 radical (unpaired) electrons. The van der Waals surface area contributed by atoms with E-state index in [0.717, 1.165) is 22.4 Å². The molecule has 2 aromatic rings. The minimum atomic E-state index is 0.300. The molecule has 0 atom stereocenters. The maximum absolute atomic E-state index is 6.02. The Balaban J connectivity index is 2.54. The molecule has 4 heteroatoms. The topological polar surface area (TPSA) is 48.1 Å². The number of aromatic nitrogens is 1. The predicted molar refractivity (Wildman–Crippen MR) is 85.6 cm³/mol. The van der Waals surface area contributed by atoms with Crippen LogP contribution in [-0.4, -0.2) is 9.97 Å². The van der Waals surface area contributed by atoms with Gasteiger partial charge in [0.25, 0.3) is 0 Å². The van der Waals surface area contributed by atoms with E-state index in [9.17, 15) is 0 Å². The first-order valence-electron chi connectivity index (χ1n) is 6.42. The van der Waals surface area contributed by atoms with Crippen LogP contribution in [0.3, 0.4) is 0 Å². The number of ether oxygens (including phenoxy) is 1. The second-order valence-electron chi connectivity index (χ2n) is 4.93. The molecule has 0 amide bonds. The largest absolute Gasteiger partial charge is 0.438 e. The van der Waals surface area contributed by atoms with Gasteiger partial charge >= 0.3 is 0 Å². The molecule has 0 saturated heterocycles. The molecule has 3 nitrogen and oxygen atoms in total. The molecule has 0 unspecified atom stereocenters. The molecule has 2 rings (SSSR count). The Labute approximate surface area is 124 Å². The Bertz CT molecular complexity index is 680. The summed E-state index contributed by atoms with van der Waals surface area (Å²) in [6.07, 6.45) is 1.70. The smallest absolute Gasteiger partial charge is 0.229 e.